The molecule has 0 saturated carbocycles. The first-order valence-electron chi connectivity index (χ1n) is 3.11. The van der Waals surface area contributed by atoms with Crippen molar-refractivity contribution in [1.82, 2.24) is 4.90 Å². The van der Waals surface area contributed by atoms with Gasteiger partial charge in [-0.3, -0.25) is 9.79 Å². The molecule has 0 spiro atoms. The van der Waals surface area contributed by atoms with E-state index in [1.807, 2.05) is 0 Å². The molecule has 0 saturated heterocycles. The topological polar surface area (TPSA) is 52.9 Å². The SMILES string of the molecule is CN=C(/C(C=O)=C\O)N(C)C. The molecule has 0 aromatic carbocycles. The number of aliphatic hydroxyl groups is 1. The molecule has 0 aliphatic heterocycles. The molecular weight excluding hydrogens is 144 g/mol. The summed E-state index contributed by atoms with van der Waals surface area (Å²) in [5.74, 6) is 0.461. The van der Waals surface area contributed by atoms with E-state index in [0.29, 0.717) is 12.1 Å². The number of hydrogen-bond acceptors (Lipinski definition) is 3. The van der Waals surface area contributed by atoms with Crippen molar-refractivity contribution in [1.29, 1.82) is 0 Å². The number of aliphatic imine (C=N–C) groups is 1. The first-order valence-corrected chi connectivity index (χ1v) is 3.11. The van der Waals surface area contributed by atoms with Crippen LogP contribution in [0.3, 0.4) is 0 Å². The summed E-state index contributed by atoms with van der Waals surface area (Å²) in [7, 11) is 5.05. The van der Waals surface area contributed by atoms with Crippen LogP contribution in [-0.4, -0.2) is 43.3 Å². The second kappa shape index (κ2) is 4.49. The first kappa shape index (κ1) is 9.68. The van der Waals surface area contributed by atoms with E-state index in [1.54, 1.807) is 26.0 Å². The van der Waals surface area contributed by atoms with Crippen molar-refractivity contribution >= 4 is 12.1 Å². The molecule has 0 fully saturated rings. The third kappa shape index (κ3) is 2.41. The third-order valence-electron chi connectivity index (χ3n) is 1.16. The van der Waals surface area contributed by atoms with E-state index >= 15 is 0 Å². The van der Waals surface area contributed by atoms with Crippen molar-refractivity contribution in [2.24, 2.45) is 4.99 Å². The predicted octanol–water partition coefficient (Wildman–Crippen LogP) is 0.217. The second-order valence-corrected chi connectivity index (χ2v) is 2.14. The minimum Gasteiger partial charge on any atom is -0.515 e. The lowest BCUT2D eigenvalue weighted by molar-refractivity contribution is -0.104. The molecule has 0 heterocycles. The van der Waals surface area contributed by atoms with Gasteiger partial charge in [0.1, 0.15) is 5.84 Å². The smallest absolute Gasteiger partial charge is 0.156 e. The van der Waals surface area contributed by atoms with E-state index in [2.05, 4.69) is 4.99 Å². The summed E-state index contributed by atoms with van der Waals surface area (Å²) < 4.78 is 0. The monoisotopic (exact) mass is 156 g/mol. The molecule has 0 rings (SSSR count). The molecule has 0 bridgehead atoms. The average molecular weight is 156 g/mol. The number of carbonyl (C=O) groups is 1. The Morgan fingerprint density at radius 1 is 1.55 bits per heavy atom. The van der Waals surface area contributed by atoms with E-state index in [0.717, 1.165) is 6.26 Å². The van der Waals surface area contributed by atoms with Crippen molar-refractivity contribution in [3.63, 3.8) is 0 Å². The maximum atomic E-state index is 10.3. The summed E-state index contributed by atoms with van der Waals surface area (Å²) in [6.45, 7) is 0. The fourth-order valence-electron chi connectivity index (χ4n) is 0.728. The van der Waals surface area contributed by atoms with Gasteiger partial charge in [-0.2, -0.15) is 0 Å². The summed E-state index contributed by atoms with van der Waals surface area (Å²) in [4.78, 5) is 15.8. The normalized spacial score (nSPS) is 13.0. The van der Waals surface area contributed by atoms with Crippen LogP contribution in [-0.2, 0) is 4.79 Å². The third-order valence-corrected chi connectivity index (χ3v) is 1.16. The average Bonchev–Trinajstić information content (AvgIpc) is 1.99. The quantitative estimate of drug-likeness (QED) is 0.204. The lowest BCUT2D eigenvalue weighted by Crippen LogP contribution is -2.24. The molecular formula is C7H12N2O2. The highest BCUT2D eigenvalue weighted by molar-refractivity contribution is 6.12. The van der Waals surface area contributed by atoms with Crippen LogP contribution in [0.2, 0.25) is 0 Å². The molecule has 0 unspecified atom stereocenters. The van der Waals surface area contributed by atoms with Crippen LogP contribution < -0.4 is 0 Å². The van der Waals surface area contributed by atoms with Crippen molar-refractivity contribution in [3.8, 4) is 0 Å². The van der Waals surface area contributed by atoms with Gasteiger partial charge in [0, 0.05) is 21.1 Å². The zero-order valence-corrected chi connectivity index (χ0v) is 6.90. The predicted molar refractivity (Wildman–Crippen MR) is 43.8 cm³/mol. The molecule has 0 aliphatic rings. The second-order valence-electron chi connectivity index (χ2n) is 2.14. The molecule has 4 nitrogen and oxygen atoms in total. The van der Waals surface area contributed by atoms with Crippen molar-refractivity contribution < 1.29 is 9.90 Å². The number of rotatable bonds is 2. The lowest BCUT2D eigenvalue weighted by atomic mass is 10.3. The molecule has 0 amide bonds. The van der Waals surface area contributed by atoms with Gasteiger partial charge in [0.15, 0.2) is 6.29 Å². The minimum atomic E-state index is 0.178. The molecule has 0 aromatic heterocycles. The van der Waals surface area contributed by atoms with Gasteiger partial charge in [-0.25, -0.2) is 0 Å². The fraction of sp³-hybridized carbons (Fsp3) is 0.429. The van der Waals surface area contributed by atoms with Gasteiger partial charge >= 0.3 is 0 Å². The van der Waals surface area contributed by atoms with Crippen LogP contribution in [0.1, 0.15) is 0 Å². The Bertz CT molecular complexity index is 195. The van der Waals surface area contributed by atoms with Crippen LogP contribution in [0.15, 0.2) is 16.8 Å². The Balaban J connectivity index is 4.64. The van der Waals surface area contributed by atoms with Gasteiger partial charge in [0.05, 0.1) is 11.8 Å². The van der Waals surface area contributed by atoms with Gasteiger partial charge in [-0.15, -0.1) is 0 Å². The molecule has 0 aromatic rings. The summed E-state index contributed by atoms with van der Waals surface area (Å²) >= 11 is 0. The van der Waals surface area contributed by atoms with E-state index < -0.39 is 0 Å². The number of hydrogen-bond donors (Lipinski definition) is 1. The standard InChI is InChI=1S/C7H12N2O2/c1-8-7(9(2)3)6(4-10)5-11/h4-5,10H,1-3H3/b6-4-,8-7?. The van der Waals surface area contributed by atoms with Crippen LogP contribution in [0.5, 0.6) is 0 Å². The van der Waals surface area contributed by atoms with Crippen LogP contribution in [0.25, 0.3) is 0 Å². The number of amidine groups is 1. The largest absolute Gasteiger partial charge is 0.515 e. The molecule has 62 valence electrons. The van der Waals surface area contributed by atoms with Gasteiger partial charge in [-0.1, -0.05) is 0 Å². The first-order chi connectivity index (χ1) is 5.17. The molecule has 1 N–H and O–H groups in total. The van der Waals surface area contributed by atoms with Gasteiger partial charge in [-0.05, 0) is 0 Å². The fourth-order valence-corrected chi connectivity index (χ4v) is 0.728. The molecule has 0 aliphatic carbocycles. The maximum Gasteiger partial charge on any atom is 0.156 e. The van der Waals surface area contributed by atoms with Crippen LogP contribution >= 0.6 is 0 Å². The van der Waals surface area contributed by atoms with E-state index in [4.69, 9.17) is 5.11 Å². The van der Waals surface area contributed by atoms with Crippen molar-refractivity contribution in [2.75, 3.05) is 21.1 Å². The number of carbonyl (C=O) groups excluding carboxylic acids is 1. The molecule has 11 heavy (non-hydrogen) atoms. The number of likely N-dealkylation sites (N-methyl/N-ethyl adjacent to an activating group) is 1. The van der Waals surface area contributed by atoms with Crippen LogP contribution in [0, 0.1) is 0 Å². The maximum absolute atomic E-state index is 10.3. The zero-order chi connectivity index (χ0) is 8.85. The van der Waals surface area contributed by atoms with Crippen molar-refractivity contribution in [3.05, 3.63) is 11.8 Å². The lowest BCUT2D eigenvalue weighted by Gasteiger charge is -2.13. The summed E-state index contributed by atoms with van der Waals surface area (Å²) in [6, 6.07) is 0. The Labute approximate surface area is 65.9 Å². The zero-order valence-electron chi connectivity index (χ0n) is 6.90. The Morgan fingerprint density at radius 2 is 2.09 bits per heavy atom. The number of aldehydes is 1. The highest BCUT2D eigenvalue weighted by Crippen LogP contribution is 1.95. The highest BCUT2D eigenvalue weighted by atomic mass is 16.2. The summed E-state index contributed by atoms with van der Waals surface area (Å²) in [5.41, 5.74) is 0.178. The Morgan fingerprint density at radius 3 is 2.18 bits per heavy atom. The molecule has 0 radical (unpaired) electrons. The van der Waals surface area contributed by atoms with E-state index in [-0.39, 0.29) is 5.57 Å². The van der Waals surface area contributed by atoms with Crippen molar-refractivity contribution in [2.45, 2.75) is 0 Å². The van der Waals surface area contributed by atoms with E-state index in [9.17, 15) is 4.79 Å². The number of aliphatic hydroxyl groups excluding tert-OH is 1. The summed E-state index contributed by atoms with van der Waals surface area (Å²) in [5, 5.41) is 8.58. The Hall–Kier alpha value is -1.32. The molecule has 0 atom stereocenters. The Kier molecular flexibility index (Phi) is 3.95. The molecule has 4 heteroatoms. The highest BCUT2D eigenvalue weighted by Gasteiger charge is 2.06. The van der Waals surface area contributed by atoms with Crippen LogP contribution in [0.4, 0.5) is 0 Å². The number of nitrogens with zero attached hydrogens (tertiary/aromatic N) is 2. The van der Waals surface area contributed by atoms with Gasteiger partial charge < -0.3 is 10.0 Å². The van der Waals surface area contributed by atoms with Gasteiger partial charge in [0.25, 0.3) is 0 Å². The van der Waals surface area contributed by atoms with E-state index in [1.165, 1.54) is 0 Å². The minimum absolute atomic E-state index is 0.178. The van der Waals surface area contributed by atoms with Gasteiger partial charge in [0.2, 0.25) is 0 Å². The summed E-state index contributed by atoms with van der Waals surface area (Å²) in [6.07, 6.45) is 1.30.